The SMILES string of the molecule is NCC1(c2ccccc2)c2ccccc2-c2ccccc21. The second kappa shape index (κ2) is 4.57. The highest BCUT2D eigenvalue weighted by atomic mass is 14.6. The summed E-state index contributed by atoms with van der Waals surface area (Å²) in [5.41, 5.74) is 12.6. The first kappa shape index (κ1) is 12.4. The Labute approximate surface area is 125 Å². The predicted octanol–water partition coefficient (Wildman–Crippen LogP) is 3.96. The molecule has 0 amide bonds. The van der Waals surface area contributed by atoms with Crippen molar-refractivity contribution < 1.29 is 0 Å². The van der Waals surface area contributed by atoms with E-state index in [0.29, 0.717) is 6.54 Å². The van der Waals surface area contributed by atoms with Crippen LogP contribution < -0.4 is 5.73 Å². The fourth-order valence-electron chi connectivity index (χ4n) is 3.70. The number of benzene rings is 3. The first-order chi connectivity index (χ1) is 10.4. The average molecular weight is 271 g/mol. The van der Waals surface area contributed by atoms with Crippen molar-refractivity contribution in [2.45, 2.75) is 5.41 Å². The molecule has 2 N–H and O–H groups in total. The van der Waals surface area contributed by atoms with Crippen LogP contribution >= 0.6 is 0 Å². The second-order valence-corrected chi connectivity index (χ2v) is 5.57. The lowest BCUT2D eigenvalue weighted by molar-refractivity contribution is 0.646. The molecule has 0 bridgehead atoms. The molecule has 0 heterocycles. The largest absolute Gasteiger partial charge is 0.329 e. The Morgan fingerprint density at radius 1 is 0.619 bits per heavy atom. The quantitative estimate of drug-likeness (QED) is 0.750. The molecule has 0 radical (unpaired) electrons. The third-order valence-electron chi connectivity index (χ3n) is 4.64. The number of nitrogens with two attached hydrogens (primary N) is 1. The smallest absolute Gasteiger partial charge is 0.0585 e. The normalized spacial score (nSPS) is 14.5. The van der Waals surface area contributed by atoms with E-state index in [1.54, 1.807) is 0 Å². The van der Waals surface area contributed by atoms with Crippen LogP contribution in [0.15, 0.2) is 78.9 Å². The van der Waals surface area contributed by atoms with Gasteiger partial charge in [-0.25, -0.2) is 0 Å². The Kier molecular flexibility index (Phi) is 2.69. The van der Waals surface area contributed by atoms with E-state index in [4.69, 9.17) is 5.73 Å². The number of fused-ring (bicyclic) bond motifs is 3. The summed E-state index contributed by atoms with van der Waals surface area (Å²) in [7, 11) is 0. The average Bonchev–Trinajstić information content (AvgIpc) is 2.87. The van der Waals surface area contributed by atoms with Crippen molar-refractivity contribution in [3.63, 3.8) is 0 Å². The maximum Gasteiger partial charge on any atom is 0.0585 e. The summed E-state index contributed by atoms with van der Waals surface area (Å²) < 4.78 is 0. The molecule has 0 aliphatic heterocycles. The Morgan fingerprint density at radius 2 is 1.10 bits per heavy atom. The van der Waals surface area contributed by atoms with Crippen LogP contribution in [0.25, 0.3) is 11.1 Å². The first-order valence-electron chi connectivity index (χ1n) is 7.33. The van der Waals surface area contributed by atoms with E-state index in [0.717, 1.165) is 0 Å². The predicted molar refractivity (Wildman–Crippen MR) is 87.3 cm³/mol. The lowest BCUT2D eigenvalue weighted by Crippen LogP contribution is -2.35. The molecule has 3 aromatic rings. The van der Waals surface area contributed by atoms with Crippen LogP contribution in [0, 0.1) is 0 Å². The third-order valence-corrected chi connectivity index (χ3v) is 4.64. The molecule has 21 heavy (non-hydrogen) atoms. The molecule has 1 nitrogen and oxygen atoms in total. The lowest BCUT2D eigenvalue weighted by atomic mass is 9.72. The van der Waals surface area contributed by atoms with E-state index >= 15 is 0 Å². The Balaban J connectivity index is 2.12. The van der Waals surface area contributed by atoms with Crippen LogP contribution in [0.3, 0.4) is 0 Å². The van der Waals surface area contributed by atoms with Crippen molar-refractivity contribution in [3.8, 4) is 11.1 Å². The van der Waals surface area contributed by atoms with Gasteiger partial charge in [0.25, 0.3) is 0 Å². The Hall–Kier alpha value is -2.38. The lowest BCUT2D eigenvalue weighted by Gasteiger charge is -2.31. The number of hydrogen-bond donors (Lipinski definition) is 1. The van der Waals surface area contributed by atoms with Crippen molar-refractivity contribution in [1.29, 1.82) is 0 Å². The molecule has 0 spiro atoms. The van der Waals surface area contributed by atoms with Gasteiger partial charge in [0.1, 0.15) is 0 Å². The summed E-state index contributed by atoms with van der Waals surface area (Å²) in [5.74, 6) is 0. The summed E-state index contributed by atoms with van der Waals surface area (Å²) >= 11 is 0. The summed E-state index contributed by atoms with van der Waals surface area (Å²) in [6, 6.07) is 27.9. The molecule has 4 rings (SSSR count). The summed E-state index contributed by atoms with van der Waals surface area (Å²) in [6.07, 6.45) is 0. The topological polar surface area (TPSA) is 26.0 Å². The van der Waals surface area contributed by atoms with E-state index in [1.165, 1.54) is 27.8 Å². The summed E-state index contributed by atoms with van der Waals surface area (Å²) in [4.78, 5) is 0. The van der Waals surface area contributed by atoms with Gasteiger partial charge in [-0.05, 0) is 27.8 Å². The summed E-state index contributed by atoms with van der Waals surface area (Å²) in [5, 5.41) is 0. The molecule has 0 saturated carbocycles. The standard InChI is InChI=1S/C20H17N/c21-14-20(15-8-2-1-3-9-15)18-12-6-4-10-16(18)17-11-5-7-13-19(17)20/h1-13H,14,21H2. The minimum absolute atomic E-state index is 0.228. The molecule has 0 aromatic heterocycles. The monoisotopic (exact) mass is 271 g/mol. The van der Waals surface area contributed by atoms with Crippen LogP contribution in [-0.4, -0.2) is 6.54 Å². The van der Waals surface area contributed by atoms with Crippen LogP contribution in [0.1, 0.15) is 16.7 Å². The first-order valence-corrected chi connectivity index (χ1v) is 7.33. The molecule has 1 aliphatic carbocycles. The molecular weight excluding hydrogens is 254 g/mol. The highest BCUT2D eigenvalue weighted by Crippen LogP contribution is 2.51. The van der Waals surface area contributed by atoms with Gasteiger partial charge in [0, 0.05) is 6.54 Å². The maximum atomic E-state index is 6.33. The van der Waals surface area contributed by atoms with Gasteiger partial charge in [-0.1, -0.05) is 78.9 Å². The molecule has 0 unspecified atom stereocenters. The van der Waals surface area contributed by atoms with Crippen molar-refractivity contribution in [1.82, 2.24) is 0 Å². The van der Waals surface area contributed by atoms with Gasteiger partial charge in [-0.15, -0.1) is 0 Å². The molecule has 102 valence electrons. The van der Waals surface area contributed by atoms with E-state index in [-0.39, 0.29) is 5.41 Å². The van der Waals surface area contributed by atoms with Gasteiger partial charge in [0.15, 0.2) is 0 Å². The summed E-state index contributed by atoms with van der Waals surface area (Å²) in [6.45, 7) is 0.574. The molecule has 1 heteroatoms. The molecule has 0 fully saturated rings. The zero-order valence-corrected chi connectivity index (χ0v) is 11.8. The van der Waals surface area contributed by atoms with Crippen LogP contribution in [0.2, 0.25) is 0 Å². The number of hydrogen-bond acceptors (Lipinski definition) is 1. The van der Waals surface area contributed by atoms with E-state index < -0.39 is 0 Å². The molecular formula is C20H17N. The van der Waals surface area contributed by atoms with Gasteiger partial charge in [0.05, 0.1) is 5.41 Å². The highest BCUT2D eigenvalue weighted by molar-refractivity contribution is 5.83. The fourth-order valence-corrected chi connectivity index (χ4v) is 3.70. The Morgan fingerprint density at radius 3 is 1.62 bits per heavy atom. The molecule has 3 aromatic carbocycles. The van der Waals surface area contributed by atoms with Crippen molar-refractivity contribution in [2.75, 3.05) is 6.54 Å². The van der Waals surface area contributed by atoms with Crippen molar-refractivity contribution in [2.24, 2.45) is 5.73 Å². The van der Waals surface area contributed by atoms with Gasteiger partial charge in [-0.2, -0.15) is 0 Å². The minimum atomic E-state index is -0.228. The molecule has 1 aliphatic rings. The fraction of sp³-hybridized carbons (Fsp3) is 0.100. The Bertz CT molecular complexity index is 744. The molecule has 0 atom stereocenters. The van der Waals surface area contributed by atoms with Crippen LogP contribution in [-0.2, 0) is 5.41 Å². The molecule has 0 saturated heterocycles. The van der Waals surface area contributed by atoms with Crippen LogP contribution in [0.5, 0.6) is 0 Å². The minimum Gasteiger partial charge on any atom is -0.329 e. The van der Waals surface area contributed by atoms with E-state index in [9.17, 15) is 0 Å². The highest BCUT2D eigenvalue weighted by Gasteiger charge is 2.43. The van der Waals surface area contributed by atoms with Gasteiger partial charge in [0.2, 0.25) is 0 Å². The van der Waals surface area contributed by atoms with Crippen molar-refractivity contribution in [3.05, 3.63) is 95.6 Å². The van der Waals surface area contributed by atoms with E-state index in [1.807, 2.05) is 0 Å². The zero-order chi connectivity index (χ0) is 14.3. The zero-order valence-electron chi connectivity index (χ0n) is 11.8. The third kappa shape index (κ3) is 1.55. The van der Waals surface area contributed by atoms with Gasteiger partial charge < -0.3 is 5.73 Å². The van der Waals surface area contributed by atoms with Crippen LogP contribution in [0.4, 0.5) is 0 Å². The second-order valence-electron chi connectivity index (χ2n) is 5.57. The van der Waals surface area contributed by atoms with Crippen molar-refractivity contribution >= 4 is 0 Å². The van der Waals surface area contributed by atoms with E-state index in [2.05, 4.69) is 78.9 Å². The maximum absolute atomic E-state index is 6.33. The van der Waals surface area contributed by atoms with Gasteiger partial charge >= 0.3 is 0 Å². The van der Waals surface area contributed by atoms with Gasteiger partial charge in [-0.3, -0.25) is 0 Å². The number of rotatable bonds is 2.